The van der Waals surface area contributed by atoms with Crippen LogP contribution in [0.5, 0.6) is 0 Å². The Labute approximate surface area is 94.9 Å². The summed E-state index contributed by atoms with van der Waals surface area (Å²) in [5.74, 6) is 1.03. The van der Waals surface area contributed by atoms with E-state index in [0.717, 1.165) is 24.4 Å². The molecule has 1 atom stereocenters. The molecule has 5 nitrogen and oxygen atoms in total. The van der Waals surface area contributed by atoms with Gasteiger partial charge in [0.1, 0.15) is 5.82 Å². The van der Waals surface area contributed by atoms with Gasteiger partial charge in [-0.25, -0.2) is 4.98 Å². The molecule has 2 aromatic rings. The number of hydrogen-bond donors (Lipinski definition) is 2. The maximum atomic E-state index is 4.42. The maximum absolute atomic E-state index is 4.42. The number of aromatic amines is 1. The summed E-state index contributed by atoms with van der Waals surface area (Å²) in [7, 11) is 1.93. The van der Waals surface area contributed by atoms with Crippen LogP contribution in [0.2, 0.25) is 0 Å². The topological polar surface area (TPSA) is 58.5 Å². The van der Waals surface area contributed by atoms with Gasteiger partial charge >= 0.3 is 0 Å². The summed E-state index contributed by atoms with van der Waals surface area (Å²) in [6.45, 7) is 3.15. The summed E-state index contributed by atoms with van der Waals surface area (Å²) >= 11 is 0. The van der Waals surface area contributed by atoms with Gasteiger partial charge in [-0.15, -0.1) is 0 Å². The summed E-state index contributed by atoms with van der Waals surface area (Å²) in [5, 5.41) is 10.1. The first-order chi connectivity index (χ1) is 7.86. The van der Waals surface area contributed by atoms with Crippen molar-refractivity contribution >= 4 is 0 Å². The van der Waals surface area contributed by atoms with Gasteiger partial charge in [0, 0.05) is 30.7 Å². The van der Waals surface area contributed by atoms with Crippen molar-refractivity contribution in [2.24, 2.45) is 0 Å². The maximum Gasteiger partial charge on any atom is 0.130 e. The molecule has 0 aromatic carbocycles. The van der Waals surface area contributed by atoms with Crippen molar-refractivity contribution in [1.29, 1.82) is 0 Å². The van der Waals surface area contributed by atoms with E-state index in [0.29, 0.717) is 0 Å². The van der Waals surface area contributed by atoms with Gasteiger partial charge in [0.25, 0.3) is 0 Å². The first kappa shape index (κ1) is 10.9. The lowest BCUT2D eigenvalue weighted by Crippen LogP contribution is -2.21. The van der Waals surface area contributed by atoms with Gasteiger partial charge < -0.3 is 9.88 Å². The van der Waals surface area contributed by atoms with Gasteiger partial charge in [0.15, 0.2) is 0 Å². The normalized spacial score (nSPS) is 12.9. The second-order valence-electron chi connectivity index (χ2n) is 3.73. The van der Waals surface area contributed by atoms with E-state index in [4.69, 9.17) is 0 Å². The second kappa shape index (κ2) is 4.94. The quantitative estimate of drug-likeness (QED) is 0.797. The van der Waals surface area contributed by atoms with Crippen LogP contribution >= 0.6 is 0 Å². The Hall–Kier alpha value is -1.62. The molecule has 0 aliphatic carbocycles. The van der Waals surface area contributed by atoms with E-state index in [2.05, 4.69) is 32.0 Å². The van der Waals surface area contributed by atoms with E-state index in [1.54, 1.807) is 0 Å². The molecular weight excluding hydrogens is 202 g/mol. The van der Waals surface area contributed by atoms with Gasteiger partial charge in [-0.05, 0) is 13.5 Å². The fraction of sp³-hybridized carbons (Fsp3) is 0.455. The summed E-state index contributed by atoms with van der Waals surface area (Å²) in [6, 6.07) is 0.0975. The van der Waals surface area contributed by atoms with Crippen LogP contribution in [0.1, 0.15) is 30.8 Å². The molecule has 0 aliphatic rings. The van der Waals surface area contributed by atoms with Crippen LogP contribution in [-0.2, 0) is 6.54 Å². The molecule has 0 fully saturated rings. The monoisotopic (exact) mass is 219 g/mol. The number of hydrogen-bond acceptors (Lipinski definition) is 3. The zero-order valence-corrected chi connectivity index (χ0v) is 9.64. The Bertz CT molecular complexity index is 417. The summed E-state index contributed by atoms with van der Waals surface area (Å²) in [6.07, 6.45) is 8.68. The number of rotatable bonds is 5. The highest BCUT2D eigenvalue weighted by Gasteiger charge is 2.17. The number of H-pyrrole nitrogens is 1. The predicted octanol–water partition coefficient (Wildman–Crippen LogP) is 1.32. The van der Waals surface area contributed by atoms with E-state index < -0.39 is 0 Å². The fourth-order valence-corrected chi connectivity index (χ4v) is 1.87. The summed E-state index contributed by atoms with van der Waals surface area (Å²) < 4.78 is 2.17. The average molecular weight is 219 g/mol. The summed E-state index contributed by atoms with van der Waals surface area (Å²) in [4.78, 5) is 4.42. The van der Waals surface area contributed by atoms with Crippen LogP contribution < -0.4 is 5.32 Å². The molecule has 2 heterocycles. The zero-order valence-electron chi connectivity index (χ0n) is 9.64. The Kier molecular flexibility index (Phi) is 3.36. The molecule has 5 heteroatoms. The van der Waals surface area contributed by atoms with Gasteiger partial charge in [-0.2, -0.15) is 5.10 Å². The van der Waals surface area contributed by atoms with Gasteiger partial charge in [0.2, 0.25) is 0 Å². The highest BCUT2D eigenvalue weighted by molar-refractivity contribution is 5.19. The van der Waals surface area contributed by atoms with E-state index in [1.165, 1.54) is 0 Å². The van der Waals surface area contributed by atoms with E-state index in [1.807, 2.05) is 31.8 Å². The number of nitrogens with zero attached hydrogens (tertiary/aromatic N) is 3. The highest BCUT2D eigenvalue weighted by Crippen LogP contribution is 2.19. The molecular formula is C11H17N5. The number of aromatic nitrogens is 4. The molecule has 2 rings (SSSR count). The SMILES string of the molecule is CCCn1ccnc1C(NC)c1cn[nH]c1. The third-order valence-corrected chi connectivity index (χ3v) is 2.61. The number of nitrogens with one attached hydrogen (secondary N) is 2. The van der Waals surface area contributed by atoms with Gasteiger partial charge in [-0.1, -0.05) is 6.92 Å². The van der Waals surface area contributed by atoms with E-state index >= 15 is 0 Å². The lowest BCUT2D eigenvalue weighted by Gasteiger charge is -2.15. The standard InChI is InChI=1S/C11H17N5/c1-3-5-16-6-4-13-11(16)10(12-2)9-7-14-15-8-9/h4,6-8,10,12H,3,5H2,1-2H3,(H,14,15). The van der Waals surface area contributed by atoms with Crippen LogP contribution in [0.15, 0.2) is 24.8 Å². The lowest BCUT2D eigenvalue weighted by atomic mass is 10.1. The van der Waals surface area contributed by atoms with Crippen LogP contribution in [0, 0.1) is 0 Å². The molecule has 16 heavy (non-hydrogen) atoms. The molecule has 0 bridgehead atoms. The first-order valence-corrected chi connectivity index (χ1v) is 5.53. The predicted molar refractivity (Wildman–Crippen MR) is 62.0 cm³/mol. The fourth-order valence-electron chi connectivity index (χ4n) is 1.87. The van der Waals surface area contributed by atoms with E-state index in [-0.39, 0.29) is 6.04 Å². The van der Waals surface area contributed by atoms with Crippen molar-refractivity contribution < 1.29 is 0 Å². The second-order valence-corrected chi connectivity index (χ2v) is 3.73. The lowest BCUT2D eigenvalue weighted by molar-refractivity contribution is 0.568. The third-order valence-electron chi connectivity index (χ3n) is 2.61. The van der Waals surface area contributed by atoms with Crippen LogP contribution in [0.3, 0.4) is 0 Å². The minimum atomic E-state index is 0.0975. The average Bonchev–Trinajstić information content (AvgIpc) is 2.92. The molecule has 1 unspecified atom stereocenters. The van der Waals surface area contributed by atoms with Gasteiger partial charge in [0.05, 0.1) is 12.2 Å². The molecule has 0 radical (unpaired) electrons. The van der Waals surface area contributed by atoms with Crippen molar-refractivity contribution in [3.63, 3.8) is 0 Å². The van der Waals surface area contributed by atoms with Crippen LogP contribution in [0.4, 0.5) is 0 Å². The summed E-state index contributed by atoms with van der Waals surface area (Å²) in [5.41, 5.74) is 1.10. The molecule has 0 amide bonds. The largest absolute Gasteiger partial charge is 0.333 e. The first-order valence-electron chi connectivity index (χ1n) is 5.53. The minimum Gasteiger partial charge on any atom is -0.333 e. The highest BCUT2D eigenvalue weighted by atomic mass is 15.1. The van der Waals surface area contributed by atoms with Crippen LogP contribution in [0.25, 0.3) is 0 Å². The Morgan fingerprint density at radius 1 is 1.56 bits per heavy atom. The molecule has 86 valence electrons. The molecule has 0 saturated heterocycles. The molecule has 0 spiro atoms. The van der Waals surface area contributed by atoms with Crippen LogP contribution in [-0.4, -0.2) is 26.8 Å². The van der Waals surface area contributed by atoms with Crippen molar-refractivity contribution in [2.45, 2.75) is 25.9 Å². The Morgan fingerprint density at radius 2 is 2.44 bits per heavy atom. The van der Waals surface area contributed by atoms with Crippen molar-refractivity contribution in [1.82, 2.24) is 25.1 Å². The Morgan fingerprint density at radius 3 is 3.06 bits per heavy atom. The van der Waals surface area contributed by atoms with Crippen molar-refractivity contribution in [3.8, 4) is 0 Å². The third kappa shape index (κ3) is 1.99. The van der Waals surface area contributed by atoms with Crippen molar-refractivity contribution in [3.05, 3.63) is 36.2 Å². The van der Waals surface area contributed by atoms with Crippen molar-refractivity contribution in [2.75, 3.05) is 7.05 Å². The minimum absolute atomic E-state index is 0.0975. The molecule has 2 aromatic heterocycles. The molecule has 0 aliphatic heterocycles. The Balaban J connectivity index is 2.30. The van der Waals surface area contributed by atoms with Gasteiger partial charge in [-0.3, -0.25) is 5.10 Å². The molecule has 2 N–H and O–H groups in total. The number of imidazole rings is 1. The zero-order chi connectivity index (χ0) is 11.4. The van der Waals surface area contributed by atoms with E-state index in [9.17, 15) is 0 Å². The smallest absolute Gasteiger partial charge is 0.130 e. The molecule has 0 saturated carbocycles. The number of aryl methyl sites for hydroxylation is 1.